The molecule has 180 valence electrons. The topological polar surface area (TPSA) is 99.0 Å². The van der Waals surface area contributed by atoms with Crippen molar-refractivity contribution >= 4 is 17.6 Å². The molecule has 0 radical (unpaired) electrons. The smallest absolute Gasteiger partial charge is 0.258 e. The number of rotatable bonds is 7. The lowest BCUT2D eigenvalue weighted by atomic mass is 10.1. The molecule has 3 rings (SSSR count). The fourth-order valence-electron chi connectivity index (χ4n) is 3.48. The van der Waals surface area contributed by atoms with Crippen LogP contribution in [0, 0.1) is 20.8 Å². The van der Waals surface area contributed by atoms with E-state index in [2.05, 4.69) is 20.7 Å². The van der Waals surface area contributed by atoms with E-state index in [0.717, 1.165) is 28.2 Å². The van der Waals surface area contributed by atoms with E-state index in [0.29, 0.717) is 35.3 Å². The molecule has 0 atom stereocenters. The van der Waals surface area contributed by atoms with Gasteiger partial charge in [0.1, 0.15) is 0 Å². The molecule has 0 saturated carbocycles. The van der Waals surface area contributed by atoms with E-state index in [9.17, 15) is 4.79 Å². The first-order valence-electron chi connectivity index (χ1n) is 10.8. The number of guanidine groups is 1. The van der Waals surface area contributed by atoms with E-state index in [1.165, 1.54) is 21.3 Å². The molecule has 0 aliphatic heterocycles. The first-order chi connectivity index (χ1) is 16.3. The van der Waals surface area contributed by atoms with Gasteiger partial charge in [0.2, 0.25) is 11.7 Å². The van der Waals surface area contributed by atoms with Gasteiger partial charge < -0.3 is 19.5 Å². The third-order valence-electron chi connectivity index (χ3n) is 5.53. The zero-order chi connectivity index (χ0) is 24.8. The lowest BCUT2D eigenvalue weighted by Gasteiger charge is -2.15. The number of ether oxygens (including phenoxy) is 3. The average Bonchev–Trinajstić information content (AvgIpc) is 3.08. The van der Waals surface area contributed by atoms with Gasteiger partial charge in [-0.3, -0.25) is 14.8 Å². The molecular formula is C25H31N5O4. The SMILES string of the molecule is COc1cc(C(=O)NC(=NCc2c(C)nn(C)c2C)Nc2ccc(C)cc2)cc(OC)c1OC. The second-order valence-corrected chi connectivity index (χ2v) is 7.80. The first-order valence-corrected chi connectivity index (χ1v) is 10.8. The van der Waals surface area contributed by atoms with Crippen LogP contribution in [0.4, 0.5) is 5.69 Å². The van der Waals surface area contributed by atoms with Gasteiger partial charge >= 0.3 is 0 Å². The van der Waals surface area contributed by atoms with Crippen LogP contribution < -0.4 is 24.8 Å². The lowest BCUT2D eigenvalue weighted by Crippen LogP contribution is -2.36. The number of hydrogen-bond acceptors (Lipinski definition) is 6. The predicted molar refractivity (Wildman–Crippen MR) is 132 cm³/mol. The van der Waals surface area contributed by atoms with Crippen molar-refractivity contribution in [1.29, 1.82) is 0 Å². The van der Waals surface area contributed by atoms with E-state index < -0.39 is 0 Å². The Morgan fingerprint density at radius 2 is 1.62 bits per heavy atom. The van der Waals surface area contributed by atoms with Crippen molar-refractivity contribution in [3.63, 3.8) is 0 Å². The van der Waals surface area contributed by atoms with Crippen LogP contribution in [0.25, 0.3) is 0 Å². The number of aryl methyl sites for hydroxylation is 3. The maximum absolute atomic E-state index is 13.2. The molecule has 9 heteroatoms. The molecule has 0 saturated heterocycles. The fraction of sp³-hybridized carbons (Fsp3) is 0.320. The molecule has 0 fully saturated rings. The number of amides is 1. The monoisotopic (exact) mass is 465 g/mol. The molecule has 0 aliphatic rings. The summed E-state index contributed by atoms with van der Waals surface area (Å²) in [4.78, 5) is 17.8. The number of nitrogens with one attached hydrogen (secondary N) is 2. The van der Waals surface area contributed by atoms with E-state index in [4.69, 9.17) is 14.2 Å². The molecule has 34 heavy (non-hydrogen) atoms. The van der Waals surface area contributed by atoms with Crippen LogP contribution in [0.1, 0.15) is 32.9 Å². The van der Waals surface area contributed by atoms with Crippen LogP contribution in [0.3, 0.4) is 0 Å². The maximum atomic E-state index is 13.2. The third kappa shape index (κ3) is 5.48. The maximum Gasteiger partial charge on any atom is 0.258 e. The summed E-state index contributed by atoms with van der Waals surface area (Å²) in [6.07, 6.45) is 0. The van der Waals surface area contributed by atoms with Crippen LogP contribution in [0.2, 0.25) is 0 Å². The second-order valence-electron chi connectivity index (χ2n) is 7.80. The third-order valence-corrected chi connectivity index (χ3v) is 5.53. The Balaban J connectivity index is 1.93. The summed E-state index contributed by atoms with van der Waals surface area (Å²) in [6.45, 7) is 6.31. The van der Waals surface area contributed by atoms with Crippen LogP contribution in [-0.4, -0.2) is 43.0 Å². The summed E-state index contributed by atoms with van der Waals surface area (Å²) < 4.78 is 17.9. The van der Waals surface area contributed by atoms with Crippen molar-refractivity contribution in [2.24, 2.45) is 12.0 Å². The minimum Gasteiger partial charge on any atom is -0.493 e. The van der Waals surface area contributed by atoms with Gasteiger partial charge in [-0.25, -0.2) is 4.99 Å². The van der Waals surface area contributed by atoms with Crippen molar-refractivity contribution < 1.29 is 19.0 Å². The Labute approximate surface area is 199 Å². The number of carbonyl (C=O) groups excluding carboxylic acids is 1. The number of hydrogen-bond donors (Lipinski definition) is 2. The van der Waals surface area contributed by atoms with Gasteiger partial charge in [0, 0.05) is 29.6 Å². The van der Waals surface area contributed by atoms with E-state index in [1.807, 2.05) is 56.8 Å². The zero-order valence-electron chi connectivity index (χ0n) is 20.6. The highest BCUT2D eigenvalue weighted by molar-refractivity contribution is 6.10. The molecule has 1 aromatic heterocycles. The van der Waals surface area contributed by atoms with E-state index >= 15 is 0 Å². The van der Waals surface area contributed by atoms with Crippen molar-refractivity contribution in [1.82, 2.24) is 15.1 Å². The summed E-state index contributed by atoms with van der Waals surface area (Å²) in [7, 11) is 6.42. The minimum atomic E-state index is -0.378. The summed E-state index contributed by atoms with van der Waals surface area (Å²) in [6, 6.07) is 11.0. The van der Waals surface area contributed by atoms with Gasteiger partial charge in [0.15, 0.2) is 11.5 Å². The number of aliphatic imine (C=N–C) groups is 1. The van der Waals surface area contributed by atoms with Gasteiger partial charge in [-0.1, -0.05) is 17.7 Å². The molecule has 0 bridgehead atoms. The molecule has 2 aromatic carbocycles. The zero-order valence-corrected chi connectivity index (χ0v) is 20.6. The predicted octanol–water partition coefficient (Wildman–Crippen LogP) is 3.77. The second kappa shape index (κ2) is 10.7. The molecule has 0 aliphatic carbocycles. The molecule has 2 N–H and O–H groups in total. The van der Waals surface area contributed by atoms with Gasteiger partial charge in [0.25, 0.3) is 5.91 Å². The van der Waals surface area contributed by atoms with Gasteiger partial charge in [0.05, 0.1) is 33.6 Å². The molecule has 0 unspecified atom stereocenters. The Morgan fingerprint density at radius 1 is 1.00 bits per heavy atom. The summed E-state index contributed by atoms with van der Waals surface area (Å²) in [5, 5.41) is 10.5. The summed E-state index contributed by atoms with van der Waals surface area (Å²) in [5.41, 5.74) is 5.19. The van der Waals surface area contributed by atoms with Gasteiger partial charge in [-0.2, -0.15) is 5.10 Å². The number of methoxy groups -OCH3 is 3. The quantitative estimate of drug-likeness (QED) is 0.407. The van der Waals surface area contributed by atoms with Crippen LogP contribution in [-0.2, 0) is 13.6 Å². The Hall–Kier alpha value is -4.01. The highest BCUT2D eigenvalue weighted by Gasteiger charge is 2.18. The number of benzene rings is 2. The normalized spacial score (nSPS) is 11.2. The number of anilines is 1. The summed E-state index contributed by atoms with van der Waals surface area (Å²) in [5.74, 6) is 1.12. The molecule has 9 nitrogen and oxygen atoms in total. The Kier molecular flexibility index (Phi) is 7.78. The molecule has 1 amide bonds. The Morgan fingerprint density at radius 3 is 2.12 bits per heavy atom. The number of nitrogens with zero attached hydrogens (tertiary/aromatic N) is 3. The molecule has 0 spiro atoms. The minimum absolute atomic E-state index is 0.310. The largest absolute Gasteiger partial charge is 0.493 e. The molecule has 3 aromatic rings. The van der Waals surface area contributed by atoms with Crippen LogP contribution in [0.15, 0.2) is 41.4 Å². The highest BCUT2D eigenvalue weighted by Crippen LogP contribution is 2.38. The van der Waals surface area contributed by atoms with E-state index in [-0.39, 0.29) is 5.91 Å². The van der Waals surface area contributed by atoms with Gasteiger partial charge in [-0.05, 0) is 45.0 Å². The lowest BCUT2D eigenvalue weighted by molar-refractivity contribution is 0.0976. The standard InChI is InChI=1S/C25H31N5O4/c1-15-8-10-19(11-9-15)27-25(26-14-20-16(2)29-30(4)17(20)3)28-24(31)18-12-21(32-5)23(34-7)22(13-18)33-6/h8-13H,14H2,1-7H3,(H2,26,27,28,31). The Bertz CT molecular complexity index is 1170. The van der Waals surface area contributed by atoms with Crippen molar-refractivity contribution in [3.05, 3.63) is 64.5 Å². The van der Waals surface area contributed by atoms with Crippen molar-refractivity contribution in [2.75, 3.05) is 26.6 Å². The van der Waals surface area contributed by atoms with Crippen LogP contribution in [0.5, 0.6) is 17.2 Å². The highest BCUT2D eigenvalue weighted by atomic mass is 16.5. The number of aromatic nitrogens is 2. The van der Waals surface area contributed by atoms with Crippen molar-refractivity contribution in [3.8, 4) is 17.2 Å². The van der Waals surface area contributed by atoms with Crippen molar-refractivity contribution in [2.45, 2.75) is 27.3 Å². The van der Waals surface area contributed by atoms with E-state index in [1.54, 1.807) is 12.1 Å². The average molecular weight is 466 g/mol. The van der Waals surface area contributed by atoms with Crippen LogP contribution >= 0.6 is 0 Å². The molecule has 1 heterocycles. The van der Waals surface area contributed by atoms with Gasteiger partial charge in [-0.15, -0.1) is 0 Å². The molecular weight excluding hydrogens is 434 g/mol. The summed E-state index contributed by atoms with van der Waals surface area (Å²) >= 11 is 0. The first kappa shape index (κ1) is 24.6. The fourth-order valence-corrected chi connectivity index (χ4v) is 3.48. The number of carbonyl (C=O) groups is 1.